The van der Waals surface area contributed by atoms with Gasteiger partial charge in [0.25, 0.3) is 0 Å². The van der Waals surface area contributed by atoms with Crippen molar-refractivity contribution in [3.63, 3.8) is 0 Å². The van der Waals surface area contributed by atoms with Crippen LogP contribution in [0, 0.1) is 0 Å². The zero-order valence-electron chi connectivity index (χ0n) is 15.1. The standard InChI is InChI=1S/C22H26N2O2/c25-21(14-10-18-6-2-1-3-7-18)23-20-12-8-19(9-13-20)11-15-22(26)24-16-4-5-17-24/h1-3,6-9,12-13H,4-5,10-11,14-17H2,(H,23,25). The summed E-state index contributed by atoms with van der Waals surface area (Å²) in [4.78, 5) is 26.1. The quantitative estimate of drug-likeness (QED) is 0.825. The Morgan fingerprint density at radius 2 is 1.42 bits per heavy atom. The number of aryl methyl sites for hydroxylation is 2. The highest BCUT2D eigenvalue weighted by Crippen LogP contribution is 2.14. The van der Waals surface area contributed by atoms with Crippen molar-refractivity contribution in [3.8, 4) is 0 Å². The van der Waals surface area contributed by atoms with E-state index in [4.69, 9.17) is 0 Å². The minimum Gasteiger partial charge on any atom is -0.343 e. The first kappa shape index (κ1) is 18.2. The SMILES string of the molecule is O=C(CCc1ccccc1)Nc1ccc(CCC(=O)N2CCCC2)cc1. The Morgan fingerprint density at radius 3 is 2.12 bits per heavy atom. The van der Waals surface area contributed by atoms with Crippen LogP contribution >= 0.6 is 0 Å². The molecule has 4 nitrogen and oxygen atoms in total. The molecule has 0 aromatic heterocycles. The Morgan fingerprint density at radius 1 is 0.808 bits per heavy atom. The fourth-order valence-corrected chi connectivity index (χ4v) is 3.26. The van der Waals surface area contributed by atoms with Gasteiger partial charge in [0.1, 0.15) is 0 Å². The zero-order chi connectivity index (χ0) is 18.2. The van der Waals surface area contributed by atoms with Crippen LogP contribution in [0.15, 0.2) is 54.6 Å². The first-order valence-corrected chi connectivity index (χ1v) is 9.41. The van der Waals surface area contributed by atoms with E-state index in [0.717, 1.165) is 50.0 Å². The molecule has 1 aliphatic heterocycles. The van der Waals surface area contributed by atoms with Crippen LogP contribution in [0.4, 0.5) is 5.69 Å². The van der Waals surface area contributed by atoms with E-state index < -0.39 is 0 Å². The fraction of sp³-hybridized carbons (Fsp3) is 0.364. The van der Waals surface area contributed by atoms with E-state index >= 15 is 0 Å². The summed E-state index contributed by atoms with van der Waals surface area (Å²) in [7, 11) is 0. The molecule has 1 fully saturated rings. The van der Waals surface area contributed by atoms with Gasteiger partial charge < -0.3 is 10.2 Å². The summed E-state index contributed by atoms with van der Waals surface area (Å²) in [6.45, 7) is 1.82. The molecule has 26 heavy (non-hydrogen) atoms. The highest BCUT2D eigenvalue weighted by molar-refractivity contribution is 5.90. The third-order valence-corrected chi connectivity index (χ3v) is 4.81. The largest absolute Gasteiger partial charge is 0.343 e. The van der Waals surface area contributed by atoms with Gasteiger partial charge in [0.15, 0.2) is 0 Å². The molecule has 0 atom stereocenters. The lowest BCUT2D eigenvalue weighted by Crippen LogP contribution is -2.27. The van der Waals surface area contributed by atoms with E-state index in [9.17, 15) is 9.59 Å². The van der Waals surface area contributed by atoms with Gasteiger partial charge in [-0.1, -0.05) is 42.5 Å². The summed E-state index contributed by atoms with van der Waals surface area (Å²) < 4.78 is 0. The molecule has 136 valence electrons. The molecule has 2 aromatic rings. The van der Waals surface area contributed by atoms with Crippen LogP contribution < -0.4 is 5.32 Å². The predicted octanol–water partition coefficient (Wildman–Crippen LogP) is 3.81. The van der Waals surface area contributed by atoms with Gasteiger partial charge in [-0.15, -0.1) is 0 Å². The van der Waals surface area contributed by atoms with Crippen LogP contribution in [0.1, 0.15) is 36.8 Å². The molecular weight excluding hydrogens is 324 g/mol. The van der Waals surface area contributed by atoms with Crippen molar-refractivity contribution < 1.29 is 9.59 Å². The number of anilines is 1. The Labute approximate surface area is 155 Å². The number of amides is 2. The van der Waals surface area contributed by atoms with Crippen LogP contribution in [-0.4, -0.2) is 29.8 Å². The molecule has 0 unspecified atom stereocenters. The molecule has 0 aliphatic carbocycles. The summed E-state index contributed by atoms with van der Waals surface area (Å²) in [6.07, 6.45) is 4.77. The van der Waals surface area contributed by atoms with Crippen LogP contribution in [0.25, 0.3) is 0 Å². The molecule has 4 heteroatoms. The lowest BCUT2D eigenvalue weighted by Gasteiger charge is -2.15. The average Bonchev–Trinajstić information content (AvgIpc) is 3.21. The van der Waals surface area contributed by atoms with Crippen LogP contribution in [0.5, 0.6) is 0 Å². The maximum absolute atomic E-state index is 12.1. The Hall–Kier alpha value is -2.62. The number of rotatable bonds is 7. The first-order valence-electron chi connectivity index (χ1n) is 9.41. The number of nitrogens with one attached hydrogen (secondary N) is 1. The van der Waals surface area contributed by atoms with Gasteiger partial charge in [0.05, 0.1) is 0 Å². The molecule has 1 saturated heterocycles. The normalized spacial score (nSPS) is 13.6. The number of hydrogen-bond donors (Lipinski definition) is 1. The molecule has 3 rings (SSSR count). The number of nitrogens with zero attached hydrogens (tertiary/aromatic N) is 1. The molecule has 1 N–H and O–H groups in total. The minimum absolute atomic E-state index is 0.0193. The molecule has 0 bridgehead atoms. The van der Waals surface area contributed by atoms with Crippen molar-refractivity contribution in [1.82, 2.24) is 4.90 Å². The number of carbonyl (C=O) groups is 2. The number of benzene rings is 2. The Bertz CT molecular complexity index is 720. The highest BCUT2D eigenvalue weighted by Gasteiger charge is 2.17. The lowest BCUT2D eigenvalue weighted by molar-refractivity contribution is -0.130. The lowest BCUT2D eigenvalue weighted by atomic mass is 10.1. The zero-order valence-corrected chi connectivity index (χ0v) is 15.1. The number of likely N-dealkylation sites (tertiary alicyclic amines) is 1. The van der Waals surface area contributed by atoms with Crippen LogP contribution in [-0.2, 0) is 22.4 Å². The molecule has 2 amide bonds. The van der Waals surface area contributed by atoms with E-state index in [1.807, 2.05) is 59.5 Å². The third kappa shape index (κ3) is 5.45. The molecule has 1 heterocycles. The Balaban J connectivity index is 1.42. The van der Waals surface area contributed by atoms with Gasteiger partial charge in [0, 0.05) is 31.6 Å². The van der Waals surface area contributed by atoms with Gasteiger partial charge in [-0.25, -0.2) is 0 Å². The second kappa shape index (κ2) is 9.18. The van der Waals surface area contributed by atoms with Crippen molar-refractivity contribution >= 4 is 17.5 Å². The van der Waals surface area contributed by atoms with Crippen molar-refractivity contribution in [2.24, 2.45) is 0 Å². The summed E-state index contributed by atoms with van der Waals surface area (Å²) >= 11 is 0. The third-order valence-electron chi connectivity index (χ3n) is 4.81. The highest BCUT2D eigenvalue weighted by atomic mass is 16.2. The van der Waals surface area contributed by atoms with E-state index in [1.165, 1.54) is 5.56 Å². The molecule has 0 spiro atoms. The topological polar surface area (TPSA) is 49.4 Å². The Kier molecular flexibility index (Phi) is 6.42. The maximum Gasteiger partial charge on any atom is 0.224 e. The van der Waals surface area contributed by atoms with Gasteiger partial charge in [-0.05, 0) is 48.9 Å². The second-order valence-electron chi connectivity index (χ2n) is 6.82. The van der Waals surface area contributed by atoms with Crippen molar-refractivity contribution in [2.75, 3.05) is 18.4 Å². The average molecular weight is 350 g/mol. The van der Waals surface area contributed by atoms with Gasteiger partial charge in [-0.2, -0.15) is 0 Å². The molecular formula is C22H26N2O2. The van der Waals surface area contributed by atoms with E-state index in [0.29, 0.717) is 12.8 Å². The van der Waals surface area contributed by atoms with E-state index in [2.05, 4.69) is 5.32 Å². The summed E-state index contributed by atoms with van der Waals surface area (Å²) in [6, 6.07) is 17.8. The van der Waals surface area contributed by atoms with E-state index in [1.54, 1.807) is 0 Å². The second-order valence-corrected chi connectivity index (χ2v) is 6.82. The number of hydrogen-bond acceptors (Lipinski definition) is 2. The smallest absolute Gasteiger partial charge is 0.224 e. The van der Waals surface area contributed by atoms with Gasteiger partial charge >= 0.3 is 0 Å². The fourth-order valence-electron chi connectivity index (χ4n) is 3.26. The van der Waals surface area contributed by atoms with Gasteiger partial charge in [0.2, 0.25) is 11.8 Å². The summed E-state index contributed by atoms with van der Waals surface area (Å²) in [5, 5.41) is 2.93. The molecule has 0 radical (unpaired) electrons. The predicted molar refractivity (Wildman–Crippen MR) is 104 cm³/mol. The maximum atomic E-state index is 12.1. The summed E-state index contributed by atoms with van der Waals surface area (Å²) in [5.41, 5.74) is 3.10. The van der Waals surface area contributed by atoms with Crippen molar-refractivity contribution in [2.45, 2.75) is 38.5 Å². The van der Waals surface area contributed by atoms with Crippen molar-refractivity contribution in [1.29, 1.82) is 0 Å². The monoisotopic (exact) mass is 350 g/mol. The minimum atomic E-state index is 0.0193. The van der Waals surface area contributed by atoms with Crippen LogP contribution in [0.3, 0.4) is 0 Å². The van der Waals surface area contributed by atoms with E-state index in [-0.39, 0.29) is 11.8 Å². The first-order chi connectivity index (χ1) is 12.7. The molecule has 1 aliphatic rings. The molecule has 2 aromatic carbocycles. The van der Waals surface area contributed by atoms with Crippen molar-refractivity contribution in [3.05, 3.63) is 65.7 Å². The number of carbonyl (C=O) groups excluding carboxylic acids is 2. The van der Waals surface area contributed by atoms with Crippen LogP contribution in [0.2, 0.25) is 0 Å². The molecule has 0 saturated carbocycles. The van der Waals surface area contributed by atoms with Gasteiger partial charge in [-0.3, -0.25) is 9.59 Å². The summed E-state index contributed by atoms with van der Waals surface area (Å²) in [5.74, 6) is 0.270.